The van der Waals surface area contributed by atoms with Crippen LogP contribution in [-0.2, 0) is 37.7 Å². The van der Waals surface area contributed by atoms with Gasteiger partial charge >= 0.3 is 7.82 Å². The number of ether oxygens (including phenoxy) is 2. The lowest BCUT2D eigenvalue weighted by molar-refractivity contribution is -0.201. The molecule has 0 saturated heterocycles. The van der Waals surface area contributed by atoms with Crippen LogP contribution in [0.15, 0.2) is 0 Å². The molecule has 0 aromatic heterocycles. The monoisotopic (exact) mass is 693 g/mol. The zero-order valence-corrected chi connectivity index (χ0v) is 30.7. The molecule has 268 valence electrons. The minimum atomic E-state index is -4.84. The minimum Gasteiger partial charge on any atom is -0.376 e. The summed E-state index contributed by atoms with van der Waals surface area (Å²) in [6.45, 7) is 14.8. The molecule has 4 saturated carbocycles. The Morgan fingerprint density at radius 3 is 2.24 bits per heavy atom. The summed E-state index contributed by atoms with van der Waals surface area (Å²) in [4.78, 5) is 29.9. The molecule has 11 nitrogen and oxygen atoms in total. The maximum absolute atomic E-state index is 12.6. The van der Waals surface area contributed by atoms with Crippen molar-refractivity contribution in [2.75, 3.05) is 19.1 Å². The number of rotatable bonds is 15. The van der Waals surface area contributed by atoms with Crippen LogP contribution in [0.1, 0.15) is 113 Å². The van der Waals surface area contributed by atoms with Crippen molar-refractivity contribution in [1.82, 2.24) is 5.32 Å². The van der Waals surface area contributed by atoms with Crippen LogP contribution in [0.5, 0.6) is 0 Å². The molecule has 0 radical (unpaired) electrons. The summed E-state index contributed by atoms with van der Waals surface area (Å²) in [5.74, 6) is 2.60. The molecule has 46 heavy (non-hydrogen) atoms. The average Bonchev–Trinajstić information content (AvgIpc) is 3.28. The molecule has 10 unspecified atom stereocenters. The van der Waals surface area contributed by atoms with E-state index in [-0.39, 0.29) is 36.2 Å². The Hall–Kier alpha value is -0.590. The van der Waals surface area contributed by atoms with Crippen LogP contribution in [0.25, 0.3) is 0 Å². The first-order valence-electron chi connectivity index (χ1n) is 17.5. The highest BCUT2D eigenvalue weighted by Gasteiger charge is 2.63. The van der Waals surface area contributed by atoms with Crippen LogP contribution in [0, 0.1) is 46.3 Å². The Kier molecular flexibility index (Phi) is 12.6. The lowest BCUT2D eigenvalue weighted by Gasteiger charge is -2.63. The van der Waals surface area contributed by atoms with E-state index in [9.17, 15) is 17.8 Å². The number of phosphoric acid groups is 1. The number of nitrogens with one attached hydrogen (secondary N) is 1. The summed E-state index contributed by atoms with van der Waals surface area (Å²) < 4.78 is 56.1. The molecule has 0 heterocycles. The molecular weight excluding hydrogens is 633 g/mol. The molecule has 10 atom stereocenters. The first kappa shape index (κ1) is 38.2. The highest BCUT2D eigenvalue weighted by atomic mass is 32.2. The molecule has 0 aliphatic heterocycles. The molecule has 13 heteroatoms. The predicted octanol–water partition coefficient (Wildman–Crippen LogP) is 5.79. The van der Waals surface area contributed by atoms with E-state index in [1.807, 2.05) is 0 Å². The Morgan fingerprint density at radius 1 is 0.935 bits per heavy atom. The van der Waals surface area contributed by atoms with E-state index in [0.717, 1.165) is 32.1 Å². The fraction of sp³-hybridized carbons (Fsp3) is 0.970. The average molecular weight is 694 g/mol. The highest BCUT2D eigenvalue weighted by molar-refractivity contribution is 7.86. The van der Waals surface area contributed by atoms with Gasteiger partial charge in [-0.1, -0.05) is 20.8 Å². The van der Waals surface area contributed by atoms with Crippen LogP contribution >= 0.6 is 7.82 Å². The lowest BCUT2D eigenvalue weighted by Crippen LogP contribution is -2.59. The number of amides is 1. The number of hydrogen-bond donors (Lipinski definition) is 3. The Bertz CT molecular complexity index is 1190. The second-order valence-electron chi connectivity index (χ2n) is 15.7. The Morgan fingerprint density at radius 2 is 1.59 bits per heavy atom. The smallest absolute Gasteiger partial charge is 0.376 e. The van der Waals surface area contributed by atoms with Crippen molar-refractivity contribution >= 4 is 23.8 Å². The third-order valence-corrected chi connectivity index (χ3v) is 13.8. The van der Waals surface area contributed by atoms with Gasteiger partial charge in [0.2, 0.25) is 5.91 Å². The minimum absolute atomic E-state index is 0.154. The summed E-state index contributed by atoms with van der Waals surface area (Å²) in [7, 11) is -8.94. The fourth-order valence-corrected chi connectivity index (χ4v) is 11.2. The van der Waals surface area contributed by atoms with Crippen molar-refractivity contribution < 1.29 is 45.7 Å². The van der Waals surface area contributed by atoms with Crippen LogP contribution in [-0.4, -0.2) is 67.6 Å². The summed E-state index contributed by atoms with van der Waals surface area (Å²) in [6.07, 6.45) is 11.6. The molecule has 4 aliphatic carbocycles. The normalized spacial score (nSPS) is 37.1. The van der Waals surface area contributed by atoms with Gasteiger partial charge < -0.3 is 24.6 Å². The van der Waals surface area contributed by atoms with E-state index in [2.05, 4.69) is 62.5 Å². The van der Waals surface area contributed by atoms with Gasteiger partial charge in [-0.2, -0.15) is 8.42 Å². The van der Waals surface area contributed by atoms with Crippen LogP contribution in [0.3, 0.4) is 0 Å². The molecule has 4 rings (SSSR count). The quantitative estimate of drug-likeness (QED) is 0.109. The van der Waals surface area contributed by atoms with E-state index >= 15 is 0 Å². The standard InChI is InChI=1S/C33H60NO10PS/c1-21(2)43-25-12-14-32(6)24(18-25)19-29(44-22(3)4)31-27-10-9-26(33(27,7)15-13-28(31)32)23(5)8-11-30(35)34-16-17-46(39,40)42-20-41-45(36,37)38/h21-29,31H,8-20H2,1-7H3,(H,34,35)(H2,36,37,38). The second kappa shape index (κ2) is 15.1. The van der Waals surface area contributed by atoms with Crippen LogP contribution in [0.2, 0.25) is 0 Å². The third-order valence-electron chi connectivity index (χ3n) is 12.2. The van der Waals surface area contributed by atoms with Crippen molar-refractivity contribution in [3.8, 4) is 0 Å². The van der Waals surface area contributed by atoms with Crippen molar-refractivity contribution in [2.24, 2.45) is 46.3 Å². The zero-order valence-electron chi connectivity index (χ0n) is 29.0. The van der Waals surface area contributed by atoms with Crippen LogP contribution < -0.4 is 5.32 Å². The maximum atomic E-state index is 12.6. The van der Waals surface area contributed by atoms with E-state index in [0.29, 0.717) is 53.4 Å². The van der Waals surface area contributed by atoms with Crippen LogP contribution in [0.4, 0.5) is 0 Å². The maximum Gasteiger partial charge on any atom is 0.471 e. The summed E-state index contributed by atoms with van der Waals surface area (Å²) in [5.41, 5.74) is 0.532. The number of hydrogen-bond acceptors (Lipinski definition) is 8. The SMILES string of the molecule is CC(C)OC1CCC2(C)C(C1)CC(OC(C)C)C1C2CCC2(C)C(C(C)CCC(=O)NCCS(=O)(=O)OCOP(=O)(O)O)CCC12. The number of carbonyl (C=O) groups is 1. The number of fused-ring (bicyclic) bond motifs is 5. The number of carbonyl (C=O) groups excluding carboxylic acids is 1. The van der Waals surface area contributed by atoms with Crippen molar-refractivity contribution in [2.45, 2.75) is 137 Å². The van der Waals surface area contributed by atoms with E-state index < -0.39 is 30.5 Å². The third kappa shape index (κ3) is 9.14. The van der Waals surface area contributed by atoms with Crippen molar-refractivity contribution in [1.29, 1.82) is 0 Å². The van der Waals surface area contributed by atoms with E-state index in [1.165, 1.54) is 25.7 Å². The van der Waals surface area contributed by atoms with Gasteiger partial charge in [0.25, 0.3) is 10.1 Å². The van der Waals surface area contributed by atoms with Gasteiger partial charge in [-0.25, -0.2) is 8.75 Å². The largest absolute Gasteiger partial charge is 0.471 e. The molecule has 4 aliphatic rings. The van der Waals surface area contributed by atoms with Crippen molar-refractivity contribution in [3.05, 3.63) is 0 Å². The van der Waals surface area contributed by atoms with Gasteiger partial charge in [0.15, 0.2) is 6.79 Å². The molecule has 4 fully saturated rings. The van der Waals surface area contributed by atoms with Gasteiger partial charge in [0.05, 0.1) is 30.2 Å². The molecule has 1 amide bonds. The molecule has 3 N–H and O–H groups in total. The molecule has 0 bridgehead atoms. The Labute approximate surface area is 277 Å². The second-order valence-corrected chi connectivity index (χ2v) is 18.7. The first-order chi connectivity index (χ1) is 21.3. The topological polar surface area (TPSA) is 158 Å². The van der Waals surface area contributed by atoms with E-state index in [1.54, 1.807) is 0 Å². The molecule has 0 aromatic rings. The lowest BCUT2D eigenvalue weighted by atomic mass is 9.43. The molecule has 0 spiro atoms. The predicted molar refractivity (Wildman–Crippen MR) is 175 cm³/mol. The highest BCUT2D eigenvalue weighted by Crippen LogP contribution is 2.69. The van der Waals surface area contributed by atoms with E-state index in [4.69, 9.17) is 19.3 Å². The first-order valence-corrected chi connectivity index (χ1v) is 20.6. The van der Waals surface area contributed by atoms with Gasteiger partial charge in [-0.15, -0.1) is 0 Å². The van der Waals surface area contributed by atoms with Gasteiger partial charge in [0.1, 0.15) is 0 Å². The Balaban J connectivity index is 1.34. The van der Waals surface area contributed by atoms with Gasteiger partial charge in [-0.3, -0.25) is 9.32 Å². The fourth-order valence-electron chi connectivity index (χ4n) is 10.3. The van der Waals surface area contributed by atoms with Crippen molar-refractivity contribution in [3.63, 3.8) is 0 Å². The molecular formula is C33H60NO10PS. The summed E-state index contributed by atoms with van der Waals surface area (Å²) >= 11 is 0. The zero-order chi connectivity index (χ0) is 34.1. The van der Waals surface area contributed by atoms with Gasteiger partial charge in [-0.05, 0) is 132 Å². The molecule has 0 aromatic carbocycles. The summed E-state index contributed by atoms with van der Waals surface area (Å²) in [5, 5.41) is 2.64. The number of phosphoric ester groups is 1. The summed E-state index contributed by atoms with van der Waals surface area (Å²) in [6, 6.07) is 0. The van der Waals surface area contributed by atoms with Gasteiger partial charge in [0, 0.05) is 13.0 Å².